The zero-order valence-electron chi connectivity index (χ0n) is 16.1. The maximum absolute atomic E-state index is 12.7. The van der Waals surface area contributed by atoms with E-state index >= 15 is 0 Å². The molecule has 1 heterocycles. The SMILES string of the molecule is C=CCOC(=O)COc1ccc2c(c1)O/C(=C\c1cccc(OC)c1OC)C2=O. The summed E-state index contributed by atoms with van der Waals surface area (Å²) in [6, 6.07) is 10.1. The Balaban J connectivity index is 1.78. The molecule has 0 aromatic heterocycles. The average Bonchev–Trinajstić information content (AvgIpc) is 3.05. The van der Waals surface area contributed by atoms with Crippen LogP contribution in [0.3, 0.4) is 0 Å². The van der Waals surface area contributed by atoms with Crippen molar-refractivity contribution in [3.8, 4) is 23.0 Å². The molecule has 0 fully saturated rings. The lowest BCUT2D eigenvalue weighted by Gasteiger charge is -2.10. The van der Waals surface area contributed by atoms with Gasteiger partial charge in [-0.3, -0.25) is 4.79 Å². The van der Waals surface area contributed by atoms with Crippen LogP contribution in [-0.2, 0) is 9.53 Å². The Bertz CT molecular complexity index is 975. The second kappa shape index (κ2) is 8.97. The number of rotatable bonds is 8. The molecule has 0 bridgehead atoms. The Morgan fingerprint density at radius 1 is 1.17 bits per heavy atom. The molecule has 150 valence electrons. The molecule has 2 aromatic carbocycles. The minimum absolute atomic E-state index is 0.117. The molecule has 0 aliphatic carbocycles. The van der Waals surface area contributed by atoms with Crippen molar-refractivity contribution >= 4 is 17.8 Å². The van der Waals surface area contributed by atoms with E-state index in [1.807, 2.05) is 0 Å². The van der Waals surface area contributed by atoms with Gasteiger partial charge in [0.25, 0.3) is 0 Å². The molecule has 0 amide bonds. The van der Waals surface area contributed by atoms with Gasteiger partial charge in [-0.1, -0.05) is 24.8 Å². The topological polar surface area (TPSA) is 80.3 Å². The lowest BCUT2D eigenvalue weighted by molar-refractivity contribution is -0.144. The Morgan fingerprint density at radius 3 is 2.72 bits per heavy atom. The van der Waals surface area contributed by atoms with E-state index in [4.69, 9.17) is 23.7 Å². The second-order valence-electron chi connectivity index (χ2n) is 5.94. The van der Waals surface area contributed by atoms with E-state index in [0.29, 0.717) is 34.1 Å². The van der Waals surface area contributed by atoms with Crippen molar-refractivity contribution in [2.24, 2.45) is 0 Å². The van der Waals surface area contributed by atoms with Crippen LogP contribution in [-0.4, -0.2) is 39.2 Å². The highest BCUT2D eigenvalue weighted by Gasteiger charge is 2.28. The predicted octanol–water partition coefficient (Wildman–Crippen LogP) is 3.43. The van der Waals surface area contributed by atoms with E-state index in [9.17, 15) is 9.59 Å². The summed E-state index contributed by atoms with van der Waals surface area (Å²) in [7, 11) is 3.06. The number of Topliss-reactive ketones (excluding diaryl/α,β-unsaturated/α-hetero) is 1. The number of methoxy groups -OCH3 is 2. The number of ketones is 1. The number of allylic oxidation sites excluding steroid dienone is 1. The lowest BCUT2D eigenvalue weighted by Crippen LogP contribution is -2.14. The molecule has 1 aliphatic rings. The minimum Gasteiger partial charge on any atom is -0.493 e. The Kier molecular flexibility index (Phi) is 6.19. The zero-order chi connectivity index (χ0) is 20.8. The molecule has 3 rings (SSSR count). The van der Waals surface area contributed by atoms with E-state index < -0.39 is 5.97 Å². The summed E-state index contributed by atoms with van der Waals surface area (Å²) >= 11 is 0. The Labute approximate surface area is 168 Å². The quantitative estimate of drug-likeness (QED) is 0.384. The van der Waals surface area contributed by atoms with Gasteiger partial charge in [0, 0.05) is 11.6 Å². The third-order valence-electron chi connectivity index (χ3n) is 4.08. The van der Waals surface area contributed by atoms with Gasteiger partial charge in [-0.05, 0) is 24.3 Å². The number of hydrogen-bond donors (Lipinski definition) is 0. The molecule has 0 saturated carbocycles. The molecule has 0 unspecified atom stereocenters. The van der Waals surface area contributed by atoms with Crippen LogP contribution in [0, 0.1) is 0 Å². The summed E-state index contributed by atoms with van der Waals surface area (Å²) in [6.45, 7) is 3.33. The van der Waals surface area contributed by atoms with Crippen molar-refractivity contribution in [3.63, 3.8) is 0 Å². The van der Waals surface area contributed by atoms with Gasteiger partial charge in [-0.25, -0.2) is 4.79 Å². The number of carbonyl (C=O) groups excluding carboxylic acids is 2. The van der Waals surface area contributed by atoms with Gasteiger partial charge < -0.3 is 23.7 Å². The van der Waals surface area contributed by atoms with Crippen LogP contribution in [0.4, 0.5) is 0 Å². The summed E-state index contributed by atoms with van der Waals surface area (Å²) in [4.78, 5) is 24.2. The molecule has 0 atom stereocenters. The van der Waals surface area contributed by atoms with Gasteiger partial charge >= 0.3 is 5.97 Å². The fourth-order valence-corrected chi connectivity index (χ4v) is 2.76. The van der Waals surface area contributed by atoms with Crippen molar-refractivity contribution in [1.29, 1.82) is 0 Å². The highest BCUT2D eigenvalue weighted by molar-refractivity contribution is 6.14. The summed E-state index contributed by atoms with van der Waals surface area (Å²) in [5.74, 6) is 1.14. The summed E-state index contributed by atoms with van der Waals surface area (Å²) in [5, 5.41) is 0. The van der Waals surface area contributed by atoms with Crippen LogP contribution < -0.4 is 18.9 Å². The largest absolute Gasteiger partial charge is 0.493 e. The first-order valence-corrected chi connectivity index (χ1v) is 8.76. The third kappa shape index (κ3) is 4.40. The van der Waals surface area contributed by atoms with Crippen LogP contribution in [0.2, 0.25) is 0 Å². The van der Waals surface area contributed by atoms with Gasteiger partial charge in [0.1, 0.15) is 18.1 Å². The van der Waals surface area contributed by atoms with E-state index in [1.165, 1.54) is 20.3 Å². The average molecular weight is 396 g/mol. The molecule has 0 radical (unpaired) electrons. The fraction of sp³-hybridized carbons (Fsp3) is 0.182. The van der Waals surface area contributed by atoms with Crippen molar-refractivity contribution < 1.29 is 33.3 Å². The van der Waals surface area contributed by atoms with Crippen molar-refractivity contribution in [1.82, 2.24) is 0 Å². The molecule has 2 aromatic rings. The normalized spacial score (nSPS) is 13.4. The smallest absolute Gasteiger partial charge is 0.344 e. The summed E-state index contributed by atoms with van der Waals surface area (Å²) in [5.41, 5.74) is 1.05. The van der Waals surface area contributed by atoms with Gasteiger partial charge in [0.05, 0.1) is 19.8 Å². The standard InChI is InChI=1S/C22H20O7/c1-4-10-27-20(23)13-28-15-8-9-16-18(12-15)29-19(21(16)24)11-14-6-5-7-17(25-2)22(14)26-3/h4-9,11-12H,1,10,13H2,2-3H3/b19-11-. The van der Waals surface area contributed by atoms with Crippen LogP contribution in [0.5, 0.6) is 23.0 Å². The highest BCUT2D eigenvalue weighted by atomic mass is 16.6. The molecular weight excluding hydrogens is 376 g/mol. The van der Waals surface area contributed by atoms with Gasteiger partial charge in [-0.2, -0.15) is 0 Å². The Hall–Kier alpha value is -3.74. The maximum Gasteiger partial charge on any atom is 0.344 e. The van der Waals surface area contributed by atoms with Crippen molar-refractivity contribution in [2.75, 3.05) is 27.4 Å². The van der Waals surface area contributed by atoms with Crippen LogP contribution in [0.25, 0.3) is 6.08 Å². The molecular formula is C22H20O7. The number of benzene rings is 2. The van der Waals surface area contributed by atoms with Gasteiger partial charge in [0.2, 0.25) is 5.78 Å². The van der Waals surface area contributed by atoms with E-state index in [1.54, 1.807) is 42.5 Å². The number of ether oxygens (including phenoxy) is 5. The molecule has 29 heavy (non-hydrogen) atoms. The molecule has 0 N–H and O–H groups in total. The van der Waals surface area contributed by atoms with E-state index in [-0.39, 0.29) is 24.8 Å². The monoisotopic (exact) mass is 396 g/mol. The molecule has 0 saturated heterocycles. The fourth-order valence-electron chi connectivity index (χ4n) is 2.76. The second-order valence-corrected chi connectivity index (χ2v) is 5.94. The minimum atomic E-state index is -0.520. The molecule has 7 heteroatoms. The first-order valence-electron chi connectivity index (χ1n) is 8.76. The summed E-state index contributed by atoms with van der Waals surface area (Å²) < 4.78 is 26.6. The Morgan fingerprint density at radius 2 is 2.00 bits per heavy atom. The van der Waals surface area contributed by atoms with E-state index in [0.717, 1.165) is 0 Å². The van der Waals surface area contributed by atoms with Crippen LogP contribution in [0.1, 0.15) is 15.9 Å². The molecule has 1 aliphatic heterocycles. The highest BCUT2D eigenvalue weighted by Crippen LogP contribution is 2.37. The number of carbonyl (C=O) groups is 2. The first kappa shape index (κ1) is 20.0. The van der Waals surface area contributed by atoms with Crippen molar-refractivity contribution in [2.45, 2.75) is 0 Å². The first-order chi connectivity index (χ1) is 14.1. The number of para-hydroxylation sites is 1. The van der Waals surface area contributed by atoms with Gasteiger partial charge in [-0.15, -0.1) is 0 Å². The van der Waals surface area contributed by atoms with Gasteiger partial charge in [0.15, 0.2) is 23.9 Å². The maximum atomic E-state index is 12.7. The van der Waals surface area contributed by atoms with E-state index in [2.05, 4.69) is 6.58 Å². The molecule has 0 spiro atoms. The lowest BCUT2D eigenvalue weighted by atomic mass is 10.1. The van der Waals surface area contributed by atoms with Crippen molar-refractivity contribution in [3.05, 3.63) is 65.9 Å². The third-order valence-corrected chi connectivity index (χ3v) is 4.08. The van der Waals surface area contributed by atoms with Crippen LogP contribution in [0.15, 0.2) is 54.8 Å². The number of esters is 1. The van der Waals surface area contributed by atoms with Crippen LogP contribution >= 0.6 is 0 Å². The number of fused-ring (bicyclic) bond motifs is 1. The number of hydrogen-bond acceptors (Lipinski definition) is 7. The predicted molar refractivity (Wildman–Crippen MR) is 106 cm³/mol. The zero-order valence-corrected chi connectivity index (χ0v) is 16.1. The molecule has 7 nitrogen and oxygen atoms in total. The summed E-state index contributed by atoms with van der Waals surface area (Å²) in [6.07, 6.45) is 3.06.